The van der Waals surface area contributed by atoms with E-state index in [-0.39, 0.29) is 5.41 Å². The van der Waals surface area contributed by atoms with E-state index in [9.17, 15) is 0 Å². The Hall–Kier alpha value is -3.65. The van der Waals surface area contributed by atoms with E-state index in [2.05, 4.69) is 137 Å². The maximum absolute atomic E-state index is 7.25. The molecule has 0 radical (unpaired) electrons. The zero-order valence-corrected chi connectivity index (χ0v) is 24.1. The van der Waals surface area contributed by atoms with Crippen LogP contribution >= 0.6 is 27.5 Å². The van der Waals surface area contributed by atoms with Gasteiger partial charge < -0.3 is 0 Å². The summed E-state index contributed by atoms with van der Waals surface area (Å²) in [7, 11) is 0. The maximum atomic E-state index is 7.25. The lowest BCUT2D eigenvalue weighted by Crippen LogP contribution is -2.44. The molecule has 9 rings (SSSR count). The molecule has 0 aliphatic heterocycles. The number of hydrogen-bond acceptors (Lipinski definition) is 0. The van der Waals surface area contributed by atoms with Crippen LogP contribution in [0.15, 0.2) is 131 Å². The molecule has 4 aliphatic rings. The molecule has 0 aromatic heterocycles. The van der Waals surface area contributed by atoms with Crippen LogP contribution in [0, 0.1) is 0 Å². The Morgan fingerprint density at radius 3 is 1.68 bits per heavy atom. The average Bonchev–Trinajstić information content (AvgIpc) is 3.47. The van der Waals surface area contributed by atoms with Gasteiger partial charge in [0.25, 0.3) is 0 Å². The van der Waals surface area contributed by atoms with Crippen LogP contribution in [0.1, 0.15) is 57.3 Å². The van der Waals surface area contributed by atoms with Gasteiger partial charge in [0, 0.05) is 9.51 Å². The van der Waals surface area contributed by atoms with Gasteiger partial charge in [-0.2, -0.15) is 0 Å². The van der Waals surface area contributed by atoms with E-state index >= 15 is 0 Å². The van der Waals surface area contributed by atoms with Gasteiger partial charge in [0.15, 0.2) is 0 Å². The summed E-state index contributed by atoms with van der Waals surface area (Å²) in [4.78, 5) is 0. The van der Waals surface area contributed by atoms with Gasteiger partial charge in [-0.25, -0.2) is 0 Å². The molecule has 0 atom stereocenters. The minimum absolute atomic E-state index is 0.364. The molecule has 2 heteroatoms. The first kappa shape index (κ1) is 23.1. The number of fused-ring (bicyclic) bond motifs is 15. The molecular weight excluding hydrogens is 572 g/mol. The second-order valence-corrected chi connectivity index (χ2v) is 12.6. The first-order valence-corrected chi connectivity index (χ1v) is 15.2. The monoisotopic (exact) mass is 594 g/mol. The summed E-state index contributed by atoms with van der Waals surface area (Å²) in [6.07, 6.45) is 4.41. The Bertz CT molecular complexity index is 1940. The molecule has 0 amide bonds. The Labute approximate surface area is 247 Å². The van der Waals surface area contributed by atoms with E-state index in [1.807, 2.05) is 0 Å². The van der Waals surface area contributed by atoms with E-state index in [1.54, 1.807) is 0 Å². The maximum Gasteiger partial charge on any atom is 0.0734 e. The lowest BCUT2D eigenvalue weighted by Gasteiger charge is -2.50. The molecule has 4 aliphatic carbocycles. The van der Waals surface area contributed by atoms with E-state index in [0.29, 0.717) is 0 Å². The van der Waals surface area contributed by atoms with Crippen molar-refractivity contribution in [1.82, 2.24) is 0 Å². The Morgan fingerprint density at radius 1 is 0.525 bits per heavy atom. The van der Waals surface area contributed by atoms with E-state index in [0.717, 1.165) is 17.9 Å². The molecule has 0 fully saturated rings. The highest BCUT2D eigenvalue weighted by molar-refractivity contribution is 9.12. The molecule has 0 nitrogen and oxygen atoms in total. The predicted molar refractivity (Wildman–Crippen MR) is 168 cm³/mol. The van der Waals surface area contributed by atoms with Crippen molar-refractivity contribution in [2.75, 3.05) is 0 Å². The first-order valence-electron chi connectivity index (χ1n) is 14.0. The average molecular weight is 596 g/mol. The summed E-state index contributed by atoms with van der Waals surface area (Å²) in [6, 6.07) is 42.8. The van der Waals surface area contributed by atoms with E-state index < -0.39 is 5.41 Å². The topological polar surface area (TPSA) is 0 Å². The normalized spacial score (nSPS) is 22.8. The van der Waals surface area contributed by atoms with Crippen LogP contribution in [-0.4, -0.2) is 0 Å². The molecular formula is C38H24BrCl. The number of allylic oxidation sites excluding steroid dienone is 4. The highest BCUT2D eigenvalue weighted by Crippen LogP contribution is 2.69. The zero-order valence-electron chi connectivity index (χ0n) is 21.7. The molecule has 0 heterocycles. The van der Waals surface area contributed by atoms with Gasteiger partial charge in [0.2, 0.25) is 0 Å². The standard InChI is InChI=1S/C38H24BrCl/c39-33-21-10-20-32-35(33)25-12-2-4-15-27(25)37(32)28-16-5-7-18-30(28)38(31-19-8-6-17-29(31)37)26-14-3-1-11-23(26)24-13-9-22-34(40)36(24)38/h1-9,11-19,21-22H,10,20H2. The second-order valence-electron chi connectivity index (χ2n) is 11.3. The van der Waals surface area contributed by atoms with Crippen LogP contribution in [0.3, 0.4) is 0 Å². The third kappa shape index (κ3) is 2.47. The lowest BCUT2D eigenvalue weighted by atomic mass is 9.51. The highest BCUT2D eigenvalue weighted by atomic mass is 79.9. The summed E-state index contributed by atoms with van der Waals surface area (Å²) in [5.41, 5.74) is 15.2. The van der Waals surface area contributed by atoms with Crippen molar-refractivity contribution in [3.63, 3.8) is 0 Å². The number of benzene rings is 5. The predicted octanol–water partition coefficient (Wildman–Crippen LogP) is 10.2. The molecule has 0 N–H and O–H groups in total. The minimum Gasteiger partial charge on any atom is -0.0840 e. The summed E-state index contributed by atoms with van der Waals surface area (Å²) < 4.78 is 1.22. The van der Waals surface area contributed by atoms with Crippen molar-refractivity contribution in [3.05, 3.63) is 181 Å². The molecule has 5 aromatic rings. The van der Waals surface area contributed by atoms with Gasteiger partial charge in [-0.1, -0.05) is 143 Å². The molecule has 0 saturated heterocycles. The van der Waals surface area contributed by atoms with E-state index in [4.69, 9.17) is 11.6 Å². The van der Waals surface area contributed by atoms with Crippen molar-refractivity contribution in [1.29, 1.82) is 0 Å². The van der Waals surface area contributed by atoms with Crippen LogP contribution in [0.25, 0.3) is 16.7 Å². The third-order valence-electron chi connectivity index (χ3n) is 9.79. The van der Waals surface area contributed by atoms with Gasteiger partial charge in [-0.3, -0.25) is 0 Å². The van der Waals surface area contributed by atoms with Crippen LogP contribution in [0.5, 0.6) is 0 Å². The van der Waals surface area contributed by atoms with Crippen LogP contribution < -0.4 is 0 Å². The summed E-state index contributed by atoms with van der Waals surface area (Å²) >= 11 is 11.2. The second kappa shape index (κ2) is 7.97. The largest absolute Gasteiger partial charge is 0.0840 e. The fourth-order valence-corrected chi connectivity index (χ4v) is 9.62. The van der Waals surface area contributed by atoms with Crippen molar-refractivity contribution in [2.45, 2.75) is 23.7 Å². The van der Waals surface area contributed by atoms with Gasteiger partial charge in [-0.05, 0) is 85.7 Å². The Morgan fingerprint density at radius 2 is 1.02 bits per heavy atom. The molecule has 0 bridgehead atoms. The van der Waals surface area contributed by atoms with Crippen LogP contribution in [0.4, 0.5) is 0 Å². The number of hydrogen-bond donors (Lipinski definition) is 0. The van der Waals surface area contributed by atoms with Gasteiger partial charge in [0.05, 0.1) is 10.8 Å². The third-order valence-corrected chi connectivity index (χ3v) is 10.8. The fourth-order valence-electron chi connectivity index (χ4n) is 8.62. The minimum atomic E-state index is -0.497. The van der Waals surface area contributed by atoms with Gasteiger partial charge in [-0.15, -0.1) is 0 Å². The van der Waals surface area contributed by atoms with Crippen LogP contribution in [0.2, 0.25) is 5.02 Å². The summed E-state index contributed by atoms with van der Waals surface area (Å²) in [5, 5.41) is 0.823. The van der Waals surface area contributed by atoms with Crippen molar-refractivity contribution >= 4 is 33.1 Å². The Balaban J connectivity index is 1.53. The molecule has 40 heavy (non-hydrogen) atoms. The van der Waals surface area contributed by atoms with Gasteiger partial charge in [0.1, 0.15) is 0 Å². The number of halogens is 2. The quantitative estimate of drug-likeness (QED) is 0.164. The fraction of sp³-hybridized carbons (Fsp3) is 0.105. The van der Waals surface area contributed by atoms with Gasteiger partial charge >= 0.3 is 0 Å². The molecule has 0 saturated carbocycles. The van der Waals surface area contributed by atoms with Crippen molar-refractivity contribution in [3.8, 4) is 11.1 Å². The molecule has 2 spiro atoms. The van der Waals surface area contributed by atoms with E-state index in [1.165, 1.54) is 71.3 Å². The molecule has 5 aromatic carbocycles. The van der Waals surface area contributed by atoms with Crippen molar-refractivity contribution < 1.29 is 0 Å². The Kier molecular flexibility index (Phi) is 4.60. The lowest BCUT2D eigenvalue weighted by molar-refractivity contribution is 0.605. The highest BCUT2D eigenvalue weighted by Gasteiger charge is 2.60. The molecule has 0 unspecified atom stereocenters. The van der Waals surface area contributed by atoms with Crippen LogP contribution in [-0.2, 0) is 10.8 Å². The SMILES string of the molecule is Clc1cccc2c1C1(c3ccccc3-2)c2ccccc2C2(C3=C(C(Br)=CCC3)c3ccccc32)c2ccccc21. The number of rotatable bonds is 0. The summed E-state index contributed by atoms with van der Waals surface area (Å²) in [5.74, 6) is 0. The first-order chi connectivity index (χ1) is 19.7. The summed E-state index contributed by atoms with van der Waals surface area (Å²) in [6.45, 7) is 0. The zero-order chi connectivity index (χ0) is 26.6. The smallest absolute Gasteiger partial charge is 0.0734 e. The van der Waals surface area contributed by atoms with Crippen molar-refractivity contribution in [2.24, 2.45) is 0 Å². The molecule has 190 valence electrons.